The number of benzene rings is 1. The van der Waals surface area contributed by atoms with Gasteiger partial charge in [0.15, 0.2) is 0 Å². The van der Waals surface area contributed by atoms with Crippen molar-refractivity contribution in [2.45, 2.75) is 13.3 Å². The largest absolute Gasteiger partial charge is 0.251 e. The van der Waals surface area contributed by atoms with Gasteiger partial charge in [0.1, 0.15) is 0 Å². The second-order valence-electron chi connectivity index (χ2n) is 2.73. The van der Waals surface area contributed by atoms with E-state index in [0.29, 0.717) is 6.42 Å². The number of rotatable bonds is 3. The molecule has 0 aromatic heterocycles. The second-order valence-corrected chi connectivity index (χ2v) is 2.73. The van der Waals surface area contributed by atoms with Crippen LogP contribution in [0.25, 0.3) is 5.57 Å². The van der Waals surface area contributed by atoms with E-state index in [9.17, 15) is 4.39 Å². The zero-order chi connectivity index (χ0) is 8.81. The summed E-state index contributed by atoms with van der Waals surface area (Å²) in [5.74, 6) is 0. The zero-order valence-electron chi connectivity index (χ0n) is 7.26. The van der Waals surface area contributed by atoms with Crippen molar-refractivity contribution < 1.29 is 4.39 Å². The standard InChI is InChI=1S/C11H13F/c1-10(6-5-9-12)11-7-3-2-4-8-11/h2-4,6-8H,5,9H2,1H3/b10-6+. The van der Waals surface area contributed by atoms with Crippen LogP contribution in [-0.2, 0) is 0 Å². The molecule has 1 aromatic rings. The summed E-state index contributed by atoms with van der Waals surface area (Å²) in [5.41, 5.74) is 2.32. The third kappa shape index (κ3) is 2.50. The maximum absolute atomic E-state index is 11.8. The van der Waals surface area contributed by atoms with Gasteiger partial charge in [-0.05, 0) is 24.5 Å². The Morgan fingerprint density at radius 2 is 2.00 bits per heavy atom. The highest BCUT2D eigenvalue weighted by molar-refractivity contribution is 5.63. The summed E-state index contributed by atoms with van der Waals surface area (Å²) in [5, 5.41) is 0. The Morgan fingerprint density at radius 3 is 2.58 bits per heavy atom. The first-order valence-electron chi connectivity index (χ1n) is 4.12. The van der Waals surface area contributed by atoms with Crippen LogP contribution >= 0.6 is 0 Å². The molecule has 0 aliphatic carbocycles. The average Bonchev–Trinajstić information content (AvgIpc) is 2.15. The summed E-state index contributed by atoms with van der Waals surface area (Å²) in [6, 6.07) is 10.0. The molecule has 0 atom stereocenters. The van der Waals surface area contributed by atoms with Gasteiger partial charge in [-0.3, -0.25) is 4.39 Å². The molecule has 0 heterocycles. The summed E-state index contributed by atoms with van der Waals surface area (Å²) < 4.78 is 11.8. The fourth-order valence-corrected chi connectivity index (χ4v) is 1.09. The van der Waals surface area contributed by atoms with Crippen molar-refractivity contribution in [3.63, 3.8) is 0 Å². The smallest absolute Gasteiger partial charge is 0.0929 e. The van der Waals surface area contributed by atoms with Crippen molar-refractivity contribution in [2.75, 3.05) is 6.67 Å². The summed E-state index contributed by atoms with van der Waals surface area (Å²) in [6.07, 6.45) is 2.44. The molecular weight excluding hydrogens is 151 g/mol. The number of hydrogen-bond donors (Lipinski definition) is 0. The van der Waals surface area contributed by atoms with Gasteiger partial charge in [0.2, 0.25) is 0 Å². The van der Waals surface area contributed by atoms with E-state index in [-0.39, 0.29) is 6.67 Å². The molecule has 0 radical (unpaired) electrons. The van der Waals surface area contributed by atoms with Gasteiger partial charge < -0.3 is 0 Å². The van der Waals surface area contributed by atoms with Gasteiger partial charge in [0.05, 0.1) is 6.67 Å². The predicted molar refractivity (Wildman–Crippen MR) is 50.7 cm³/mol. The number of allylic oxidation sites excluding steroid dienone is 2. The molecule has 0 amide bonds. The van der Waals surface area contributed by atoms with Crippen LogP contribution in [0.3, 0.4) is 0 Å². The molecule has 64 valence electrons. The molecule has 1 aromatic carbocycles. The molecule has 0 N–H and O–H groups in total. The van der Waals surface area contributed by atoms with Crippen molar-refractivity contribution in [3.05, 3.63) is 42.0 Å². The number of alkyl halides is 1. The zero-order valence-corrected chi connectivity index (χ0v) is 7.26. The Hall–Kier alpha value is -1.11. The Morgan fingerprint density at radius 1 is 1.33 bits per heavy atom. The van der Waals surface area contributed by atoms with Crippen LogP contribution < -0.4 is 0 Å². The molecule has 0 bridgehead atoms. The highest BCUT2D eigenvalue weighted by atomic mass is 19.1. The lowest BCUT2D eigenvalue weighted by molar-refractivity contribution is 0.501. The minimum Gasteiger partial charge on any atom is -0.251 e. The van der Waals surface area contributed by atoms with E-state index in [4.69, 9.17) is 0 Å². The lowest BCUT2D eigenvalue weighted by atomic mass is 10.1. The van der Waals surface area contributed by atoms with Gasteiger partial charge in [-0.15, -0.1) is 0 Å². The Bertz CT molecular complexity index is 249. The summed E-state index contributed by atoms with van der Waals surface area (Å²) >= 11 is 0. The second kappa shape index (κ2) is 4.70. The highest BCUT2D eigenvalue weighted by Crippen LogP contribution is 2.12. The normalized spacial score (nSPS) is 11.7. The van der Waals surface area contributed by atoms with Gasteiger partial charge in [-0.25, -0.2) is 0 Å². The minimum atomic E-state index is -0.274. The third-order valence-electron chi connectivity index (χ3n) is 1.79. The highest BCUT2D eigenvalue weighted by Gasteiger charge is 1.91. The predicted octanol–water partition coefficient (Wildman–Crippen LogP) is 3.45. The van der Waals surface area contributed by atoms with Crippen LogP contribution in [-0.4, -0.2) is 6.67 Å². The Kier molecular flexibility index (Phi) is 3.52. The lowest BCUT2D eigenvalue weighted by Crippen LogP contribution is -1.78. The number of hydrogen-bond acceptors (Lipinski definition) is 0. The topological polar surface area (TPSA) is 0 Å². The monoisotopic (exact) mass is 164 g/mol. The molecular formula is C11H13F. The molecule has 0 unspecified atom stereocenters. The molecule has 0 aliphatic rings. The van der Waals surface area contributed by atoms with Gasteiger partial charge in [0, 0.05) is 0 Å². The number of halogens is 1. The average molecular weight is 164 g/mol. The first-order chi connectivity index (χ1) is 5.84. The van der Waals surface area contributed by atoms with Gasteiger partial charge in [-0.1, -0.05) is 36.4 Å². The van der Waals surface area contributed by atoms with Gasteiger partial charge in [0.25, 0.3) is 0 Å². The molecule has 0 nitrogen and oxygen atoms in total. The van der Waals surface area contributed by atoms with Crippen molar-refractivity contribution in [1.82, 2.24) is 0 Å². The Balaban J connectivity index is 2.71. The lowest BCUT2D eigenvalue weighted by Gasteiger charge is -1.99. The molecule has 0 aliphatic heterocycles. The molecule has 0 saturated heterocycles. The van der Waals surface area contributed by atoms with Crippen molar-refractivity contribution in [3.8, 4) is 0 Å². The van der Waals surface area contributed by atoms with Crippen molar-refractivity contribution >= 4 is 5.57 Å². The van der Waals surface area contributed by atoms with Crippen molar-refractivity contribution in [2.24, 2.45) is 0 Å². The fourth-order valence-electron chi connectivity index (χ4n) is 1.09. The van der Waals surface area contributed by atoms with Crippen LogP contribution in [0, 0.1) is 0 Å². The molecule has 0 saturated carbocycles. The third-order valence-corrected chi connectivity index (χ3v) is 1.79. The van der Waals surface area contributed by atoms with Crippen LogP contribution in [0.15, 0.2) is 36.4 Å². The van der Waals surface area contributed by atoms with E-state index in [0.717, 1.165) is 5.57 Å². The SMILES string of the molecule is C/C(=C\CCF)c1ccccc1. The summed E-state index contributed by atoms with van der Waals surface area (Å²) in [7, 11) is 0. The molecule has 0 spiro atoms. The van der Waals surface area contributed by atoms with E-state index < -0.39 is 0 Å². The quantitative estimate of drug-likeness (QED) is 0.641. The molecule has 0 fully saturated rings. The molecule has 1 rings (SSSR count). The summed E-state index contributed by atoms with van der Waals surface area (Å²) in [4.78, 5) is 0. The van der Waals surface area contributed by atoms with Crippen LogP contribution in [0.4, 0.5) is 4.39 Å². The van der Waals surface area contributed by atoms with E-state index >= 15 is 0 Å². The van der Waals surface area contributed by atoms with E-state index in [2.05, 4.69) is 0 Å². The van der Waals surface area contributed by atoms with Crippen LogP contribution in [0.5, 0.6) is 0 Å². The molecule has 12 heavy (non-hydrogen) atoms. The van der Waals surface area contributed by atoms with E-state index in [1.165, 1.54) is 5.56 Å². The van der Waals surface area contributed by atoms with Crippen molar-refractivity contribution in [1.29, 1.82) is 0 Å². The first kappa shape index (κ1) is 8.98. The molecule has 1 heteroatoms. The maximum atomic E-state index is 11.8. The van der Waals surface area contributed by atoms with Crippen LogP contribution in [0.1, 0.15) is 18.9 Å². The van der Waals surface area contributed by atoms with E-state index in [1.54, 1.807) is 0 Å². The van der Waals surface area contributed by atoms with Crippen LogP contribution in [0.2, 0.25) is 0 Å². The first-order valence-corrected chi connectivity index (χ1v) is 4.12. The van der Waals surface area contributed by atoms with Gasteiger partial charge in [-0.2, -0.15) is 0 Å². The fraction of sp³-hybridized carbons (Fsp3) is 0.273. The Labute approximate surface area is 72.7 Å². The maximum Gasteiger partial charge on any atom is 0.0929 e. The van der Waals surface area contributed by atoms with E-state index in [1.807, 2.05) is 43.3 Å². The van der Waals surface area contributed by atoms with Gasteiger partial charge >= 0.3 is 0 Å². The minimum absolute atomic E-state index is 0.274. The summed E-state index contributed by atoms with van der Waals surface area (Å²) in [6.45, 7) is 1.73.